The van der Waals surface area contributed by atoms with Crippen LogP contribution in [-0.4, -0.2) is 54.7 Å². The number of carbonyl (C=O) groups excluding carboxylic acids is 1. The Labute approximate surface area is 170 Å². The van der Waals surface area contributed by atoms with E-state index in [1.165, 1.54) is 4.31 Å². The predicted molar refractivity (Wildman–Crippen MR) is 112 cm³/mol. The van der Waals surface area contributed by atoms with Crippen LogP contribution in [0.5, 0.6) is 0 Å². The standard InChI is InChI=1S/C22H23N3O3S/c1-17-7-10-19(11-8-17)29(27,28)25-14-4-13-24(15-16-25)22(26)21-12-9-18-5-2-3-6-20(18)23-21/h2-3,5-12H,4,13-16H2,1H3. The van der Waals surface area contributed by atoms with Crippen molar-refractivity contribution >= 4 is 26.8 Å². The van der Waals surface area contributed by atoms with E-state index in [1.807, 2.05) is 37.3 Å². The Morgan fingerprint density at radius 1 is 0.897 bits per heavy atom. The number of aryl methyl sites for hydroxylation is 1. The van der Waals surface area contributed by atoms with Gasteiger partial charge in [-0.1, -0.05) is 42.0 Å². The van der Waals surface area contributed by atoms with Gasteiger partial charge in [0.15, 0.2) is 0 Å². The molecule has 7 heteroatoms. The number of rotatable bonds is 3. The summed E-state index contributed by atoms with van der Waals surface area (Å²) in [5.41, 5.74) is 2.18. The van der Waals surface area contributed by atoms with Crippen LogP contribution in [-0.2, 0) is 10.0 Å². The van der Waals surface area contributed by atoms with E-state index in [-0.39, 0.29) is 12.5 Å². The fraction of sp³-hybridized carbons (Fsp3) is 0.273. The Hall–Kier alpha value is -2.77. The number of amides is 1. The summed E-state index contributed by atoms with van der Waals surface area (Å²) in [7, 11) is -3.56. The molecule has 0 aliphatic carbocycles. The molecular formula is C22H23N3O3S. The molecule has 3 aromatic rings. The number of aromatic nitrogens is 1. The molecule has 4 rings (SSSR count). The lowest BCUT2D eigenvalue weighted by Gasteiger charge is -2.22. The molecule has 0 bridgehead atoms. The summed E-state index contributed by atoms with van der Waals surface area (Å²) in [5, 5.41) is 0.982. The summed E-state index contributed by atoms with van der Waals surface area (Å²) in [6.07, 6.45) is 0.588. The normalized spacial score (nSPS) is 16.0. The molecule has 0 N–H and O–H groups in total. The molecule has 1 fully saturated rings. The molecule has 0 spiro atoms. The summed E-state index contributed by atoms with van der Waals surface area (Å²) >= 11 is 0. The largest absolute Gasteiger partial charge is 0.336 e. The highest BCUT2D eigenvalue weighted by Crippen LogP contribution is 2.19. The first kappa shape index (κ1) is 19.5. The van der Waals surface area contributed by atoms with Gasteiger partial charge in [0, 0.05) is 31.6 Å². The number of hydrogen-bond donors (Lipinski definition) is 0. The average Bonchev–Trinajstić information content (AvgIpc) is 3.00. The van der Waals surface area contributed by atoms with Crippen LogP contribution >= 0.6 is 0 Å². The molecule has 2 heterocycles. The average molecular weight is 410 g/mol. The maximum absolute atomic E-state index is 13.0. The van der Waals surface area contributed by atoms with Crippen molar-refractivity contribution in [3.63, 3.8) is 0 Å². The molecule has 1 aliphatic rings. The van der Waals surface area contributed by atoms with Crippen molar-refractivity contribution < 1.29 is 13.2 Å². The van der Waals surface area contributed by atoms with Gasteiger partial charge in [0.25, 0.3) is 5.91 Å². The van der Waals surface area contributed by atoms with E-state index < -0.39 is 10.0 Å². The fourth-order valence-electron chi connectivity index (χ4n) is 3.54. The minimum atomic E-state index is -3.56. The number of para-hydroxylation sites is 1. The zero-order valence-electron chi connectivity index (χ0n) is 16.3. The Morgan fingerprint density at radius 2 is 1.66 bits per heavy atom. The number of sulfonamides is 1. The number of nitrogens with zero attached hydrogens (tertiary/aromatic N) is 3. The van der Waals surface area contributed by atoms with Gasteiger partial charge in [0.05, 0.1) is 10.4 Å². The lowest BCUT2D eigenvalue weighted by molar-refractivity contribution is 0.0759. The second-order valence-electron chi connectivity index (χ2n) is 7.25. The van der Waals surface area contributed by atoms with Crippen molar-refractivity contribution in [3.8, 4) is 0 Å². The van der Waals surface area contributed by atoms with Crippen LogP contribution in [0, 0.1) is 6.92 Å². The maximum Gasteiger partial charge on any atom is 0.272 e. The molecule has 6 nitrogen and oxygen atoms in total. The topological polar surface area (TPSA) is 70.6 Å². The minimum Gasteiger partial charge on any atom is -0.336 e. The first-order chi connectivity index (χ1) is 13.9. The molecule has 1 amide bonds. The van der Waals surface area contributed by atoms with Crippen molar-refractivity contribution in [2.45, 2.75) is 18.2 Å². The van der Waals surface area contributed by atoms with E-state index in [0.717, 1.165) is 16.5 Å². The molecule has 29 heavy (non-hydrogen) atoms. The number of hydrogen-bond acceptors (Lipinski definition) is 4. The molecule has 0 saturated carbocycles. The van der Waals surface area contributed by atoms with Gasteiger partial charge >= 0.3 is 0 Å². The Balaban J connectivity index is 1.50. The molecule has 150 valence electrons. The highest BCUT2D eigenvalue weighted by molar-refractivity contribution is 7.89. The molecular weight excluding hydrogens is 386 g/mol. The van der Waals surface area contributed by atoms with Crippen LogP contribution in [0.25, 0.3) is 10.9 Å². The monoisotopic (exact) mass is 409 g/mol. The maximum atomic E-state index is 13.0. The van der Waals surface area contributed by atoms with E-state index >= 15 is 0 Å². The van der Waals surface area contributed by atoms with Crippen LogP contribution in [0.15, 0.2) is 65.6 Å². The zero-order valence-corrected chi connectivity index (χ0v) is 17.1. The first-order valence-corrected chi connectivity index (χ1v) is 11.1. The molecule has 2 aromatic carbocycles. The smallest absolute Gasteiger partial charge is 0.272 e. The summed E-state index contributed by atoms with van der Waals surface area (Å²) in [5.74, 6) is -0.162. The first-order valence-electron chi connectivity index (χ1n) is 9.67. The van der Waals surface area contributed by atoms with Crippen LogP contribution < -0.4 is 0 Å². The third kappa shape index (κ3) is 4.02. The number of pyridine rings is 1. The van der Waals surface area contributed by atoms with E-state index in [4.69, 9.17) is 0 Å². The van der Waals surface area contributed by atoms with Gasteiger partial charge in [-0.3, -0.25) is 4.79 Å². The summed E-state index contributed by atoms with van der Waals surface area (Å²) in [4.78, 5) is 19.4. The Bertz CT molecular complexity index is 1140. The van der Waals surface area contributed by atoms with E-state index in [0.29, 0.717) is 36.6 Å². The molecule has 1 aliphatic heterocycles. The van der Waals surface area contributed by atoms with Gasteiger partial charge in [-0.25, -0.2) is 13.4 Å². The van der Waals surface area contributed by atoms with E-state index in [2.05, 4.69) is 4.98 Å². The highest BCUT2D eigenvalue weighted by atomic mass is 32.2. The van der Waals surface area contributed by atoms with Crippen molar-refractivity contribution in [3.05, 3.63) is 71.9 Å². The van der Waals surface area contributed by atoms with Crippen LogP contribution in [0.1, 0.15) is 22.5 Å². The number of benzene rings is 2. The lowest BCUT2D eigenvalue weighted by atomic mass is 10.2. The van der Waals surface area contributed by atoms with E-state index in [1.54, 1.807) is 35.2 Å². The van der Waals surface area contributed by atoms with Gasteiger partial charge in [-0.15, -0.1) is 0 Å². The third-order valence-electron chi connectivity index (χ3n) is 5.22. The SMILES string of the molecule is Cc1ccc(S(=O)(=O)N2CCCN(C(=O)c3ccc4ccccc4n3)CC2)cc1. The van der Waals surface area contributed by atoms with Crippen molar-refractivity contribution in [2.24, 2.45) is 0 Å². The predicted octanol–water partition coefficient (Wildman–Crippen LogP) is 3.08. The highest BCUT2D eigenvalue weighted by Gasteiger charge is 2.28. The van der Waals surface area contributed by atoms with Gasteiger partial charge in [-0.05, 0) is 37.6 Å². The lowest BCUT2D eigenvalue weighted by Crippen LogP contribution is -2.37. The van der Waals surface area contributed by atoms with Crippen molar-refractivity contribution in [2.75, 3.05) is 26.2 Å². The van der Waals surface area contributed by atoms with E-state index in [9.17, 15) is 13.2 Å². The quantitative estimate of drug-likeness (QED) is 0.667. The van der Waals surface area contributed by atoms with Crippen LogP contribution in [0.3, 0.4) is 0 Å². The van der Waals surface area contributed by atoms with Crippen LogP contribution in [0.2, 0.25) is 0 Å². The molecule has 1 aromatic heterocycles. The van der Waals surface area contributed by atoms with Gasteiger partial charge in [0.1, 0.15) is 5.69 Å². The summed E-state index contributed by atoms with van der Waals surface area (Å²) in [6, 6.07) is 18.2. The number of carbonyl (C=O) groups is 1. The Morgan fingerprint density at radius 3 is 2.45 bits per heavy atom. The molecule has 0 radical (unpaired) electrons. The minimum absolute atomic E-state index is 0.162. The van der Waals surface area contributed by atoms with Gasteiger partial charge in [-0.2, -0.15) is 4.31 Å². The number of fused-ring (bicyclic) bond motifs is 1. The zero-order chi connectivity index (χ0) is 20.4. The van der Waals surface area contributed by atoms with Crippen molar-refractivity contribution in [1.29, 1.82) is 0 Å². The molecule has 1 saturated heterocycles. The second kappa shape index (κ2) is 7.93. The molecule has 0 unspecified atom stereocenters. The van der Waals surface area contributed by atoms with Crippen LogP contribution in [0.4, 0.5) is 0 Å². The van der Waals surface area contributed by atoms with Crippen molar-refractivity contribution in [1.82, 2.24) is 14.2 Å². The Kier molecular flexibility index (Phi) is 5.34. The molecule has 0 atom stereocenters. The second-order valence-corrected chi connectivity index (χ2v) is 9.19. The summed E-state index contributed by atoms with van der Waals surface area (Å²) in [6.45, 7) is 3.44. The van der Waals surface area contributed by atoms with Gasteiger partial charge < -0.3 is 4.90 Å². The summed E-state index contributed by atoms with van der Waals surface area (Å²) < 4.78 is 27.4. The van der Waals surface area contributed by atoms with Gasteiger partial charge in [0.2, 0.25) is 10.0 Å². The third-order valence-corrected chi connectivity index (χ3v) is 7.13. The fourth-order valence-corrected chi connectivity index (χ4v) is 5.01.